The molecule has 25 heavy (non-hydrogen) atoms. The summed E-state index contributed by atoms with van der Waals surface area (Å²) < 4.78 is 7.92. The molecule has 0 spiro atoms. The van der Waals surface area contributed by atoms with Gasteiger partial charge in [-0.15, -0.1) is 0 Å². The number of hydrogen-bond acceptors (Lipinski definition) is 4. The third-order valence-electron chi connectivity index (χ3n) is 4.05. The van der Waals surface area contributed by atoms with E-state index in [4.69, 9.17) is 4.74 Å². The minimum absolute atomic E-state index is 0.0250. The molecule has 0 saturated heterocycles. The van der Waals surface area contributed by atoms with E-state index in [-0.39, 0.29) is 17.2 Å². The number of aryl methyl sites for hydroxylation is 1. The standard InChI is InChI=1S/C19H20N2O3S/c1-24-16-8-4-2-6-14(16)10-12-20-18(22)11-13-21-15-7-3-5-9-17(15)25-19(21)23/h2-9H,10-13H2,1H3,(H,20,22). The molecule has 130 valence electrons. The maximum atomic E-state index is 12.1. The molecule has 6 heteroatoms. The summed E-state index contributed by atoms with van der Waals surface area (Å²) >= 11 is 1.21. The number of nitrogens with zero attached hydrogens (tertiary/aromatic N) is 1. The molecule has 1 heterocycles. The van der Waals surface area contributed by atoms with Crippen molar-refractivity contribution in [2.24, 2.45) is 0 Å². The SMILES string of the molecule is COc1ccccc1CCNC(=O)CCn1c(=O)sc2ccccc21. The molecule has 5 nitrogen and oxygen atoms in total. The topological polar surface area (TPSA) is 60.3 Å². The second-order valence-electron chi connectivity index (χ2n) is 5.65. The summed E-state index contributed by atoms with van der Waals surface area (Å²) in [6, 6.07) is 15.4. The molecule has 2 aromatic carbocycles. The summed E-state index contributed by atoms with van der Waals surface area (Å²) in [5.41, 5.74) is 1.95. The van der Waals surface area contributed by atoms with Gasteiger partial charge in [0, 0.05) is 19.5 Å². The predicted octanol–water partition coefficient (Wildman–Crippen LogP) is 2.82. The fourth-order valence-corrected chi connectivity index (χ4v) is 3.69. The number of thiazole rings is 1. The number of rotatable bonds is 7. The average molecular weight is 356 g/mol. The molecule has 0 unspecified atom stereocenters. The van der Waals surface area contributed by atoms with Crippen molar-refractivity contribution >= 4 is 27.5 Å². The van der Waals surface area contributed by atoms with Gasteiger partial charge < -0.3 is 10.1 Å². The molecule has 0 fully saturated rings. The van der Waals surface area contributed by atoms with E-state index in [0.717, 1.165) is 21.5 Å². The van der Waals surface area contributed by atoms with Crippen LogP contribution in [0, 0.1) is 0 Å². The first-order valence-corrected chi connectivity index (χ1v) is 8.97. The Morgan fingerprint density at radius 1 is 1.16 bits per heavy atom. The van der Waals surface area contributed by atoms with Gasteiger partial charge in [-0.1, -0.05) is 41.7 Å². The Labute approximate surface area is 149 Å². The van der Waals surface area contributed by atoms with E-state index in [1.165, 1.54) is 11.3 Å². The first kappa shape index (κ1) is 17.2. The Morgan fingerprint density at radius 3 is 2.76 bits per heavy atom. The number of amides is 1. The molecule has 1 aromatic heterocycles. The maximum absolute atomic E-state index is 12.1. The molecular formula is C19H20N2O3S. The van der Waals surface area contributed by atoms with Crippen LogP contribution in [-0.2, 0) is 17.8 Å². The monoisotopic (exact) mass is 356 g/mol. The molecule has 0 aliphatic rings. The number of para-hydroxylation sites is 2. The number of aromatic nitrogens is 1. The number of benzene rings is 2. The molecule has 0 aliphatic heterocycles. The fourth-order valence-electron chi connectivity index (χ4n) is 2.77. The lowest BCUT2D eigenvalue weighted by molar-refractivity contribution is -0.121. The molecule has 0 bridgehead atoms. The van der Waals surface area contributed by atoms with E-state index >= 15 is 0 Å². The Kier molecular flexibility index (Phi) is 5.50. The number of carbonyl (C=O) groups excluding carboxylic acids is 1. The summed E-state index contributed by atoms with van der Waals surface area (Å²) in [5.74, 6) is 0.769. The van der Waals surface area contributed by atoms with Crippen molar-refractivity contribution in [3.8, 4) is 5.75 Å². The molecule has 0 atom stereocenters. The number of methoxy groups -OCH3 is 1. The normalized spacial score (nSPS) is 10.8. The number of nitrogens with one attached hydrogen (secondary N) is 1. The third kappa shape index (κ3) is 4.09. The van der Waals surface area contributed by atoms with Crippen molar-refractivity contribution < 1.29 is 9.53 Å². The summed E-state index contributed by atoms with van der Waals surface area (Å²) in [4.78, 5) is 24.1. The summed E-state index contributed by atoms with van der Waals surface area (Å²) in [5, 5.41) is 2.91. The Hall–Kier alpha value is -2.60. The molecule has 0 radical (unpaired) electrons. The van der Waals surface area contributed by atoms with Gasteiger partial charge in [0.05, 0.1) is 17.3 Å². The lowest BCUT2D eigenvalue weighted by atomic mass is 10.1. The van der Waals surface area contributed by atoms with Gasteiger partial charge in [-0.25, -0.2) is 0 Å². The lowest BCUT2D eigenvalue weighted by Gasteiger charge is -2.09. The first-order chi connectivity index (χ1) is 12.2. The minimum atomic E-state index is -0.0583. The third-order valence-corrected chi connectivity index (χ3v) is 5.01. The van der Waals surface area contributed by atoms with Gasteiger partial charge in [0.25, 0.3) is 0 Å². The van der Waals surface area contributed by atoms with Gasteiger partial charge in [0.15, 0.2) is 0 Å². The molecule has 0 saturated carbocycles. The van der Waals surface area contributed by atoms with Gasteiger partial charge in [-0.2, -0.15) is 0 Å². The zero-order valence-electron chi connectivity index (χ0n) is 14.0. The van der Waals surface area contributed by atoms with Gasteiger partial charge in [-0.3, -0.25) is 14.2 Å². The molecular weight excluding hydrogens is 336 g/mol. The van der Waals surface area contributed by atoms with Crippen molar-refractivity contribution in [2.45, 2.75) is 19.4 Å². The second-order valence-corrected chi connectivity index (χ2v) is 6.64. The van der Waals surface area contributed by atoms with E-state index < -0.39 is 0 Å². The van der Waals surface area contributed by atoms with E-state index in [0.29, 0.717) is 19.5 Å². The van der Waals surface area contributed by atoms with Crippen molar-refractivity contribution in [1.82, 2.24) is 9.88 Å². The maximum Gasteiger partial charge on any atom is 0.308 e. The zero-order chi connectivity index (χ0) is 17.6. The van der Waals surface area contributed by atoms with Crippen LogP contribution in [0.4, 0.5) is 0 Å². The first-order valence-electron chi connectivity index (χ1n) is 8.16. The van der Waals surface area contributed by atoms with Crippen LogP contribution < -0.4 is 14.9 Å². The van der Waals surface area contributed by atoms with Crippen LogP contribution in [0.15, 0.2) is 53.3 Å². The van der Waals surface area contributed by atoms with Gasteiger partial charge in [0.2, 0.25) is 5.91 Å². The summed E-state index contributed by atoms with van der Waals surface area (Å²) in [6.07, 6.45) is 0.990. The van der Waals surface area contributed by atoms with Crippen LogP contribution >= 0.6 is 11.3 Å². The van der Waals surface area contributed by atoms with Crippen molar-refractivity contribution in [3.05, 3.63) is 63.8 Å². The van der Waals surface area contributed by atoms with Crippen molar-refractivity contribution in [2.75, 3.05) is 13.7 Å². The molecule has 1 amide bonds. The zero-order valence-corrected chi connectivity index (χ0v) is 14.8. The Morgan fingerprint density at radius 2 is 1.92 bits per heavy atom. The highest BCUT2D eigenvalue weighted by molar-refractivity contribution is 7.16. The minimum Gasteiger partial charge on any atom is -0.496 e. The molecule has 3 aromatic rings. The summed E-state index contributed by atoms with van der Waals surface area (Å²) in [6.45, 7) is 0.932. The van der Waals surface area contributed by atoms with Gasteiger partial charge >= 0.3 is 4.87 Å². The van der Waals surface area contributed by atoms with Crippen LogP contribution in [0.1, 0.15) is 12.0 Å². The smallest absolute Gasteiger partial charge is 0.308 e. The predicted molar refractivity (Wildman–Crippen MR) is 100 cm³/mol. The number of hydrogen-bond donors (Lipinski definition) is 1. The highest BCUT2D eigenvalue weighted by Gasteiger charge is 2.09. The Bertz CT molecular complexity index is 930. The highest BCUT2D eigenvalue weighted by Crippen LogP contribution is 2.18. The number of ether oxygens (including phenoxy) is 1. The fraction of sp³-hybridized carbons (Fsp3) is 0.263. The lowest BCUT2D eigenvalue weighted by Crippen LogP contribution is -2.27. The molecule has 1 N–H and O–H groups in total. The molecule has 0 aliphatic carbocycles. The number of carbonyl (C=O) groups is 1. The van der Waals surface area contributed by atoms with E-state index in [1.807, 2.05) is 48.5 Å². The van der Waals surface area contributed by atoms with Crippen LogP contribution in [0.25, 0.3) is 10.2 Å². The second kappa shape index (κ2) is 7.98. The van der Waals surface area contributed by atoms with Crippen LogP contribution in [0.2, 0.25) is 0 Å². The van der Waals surface area contributed by atoms with Gasteiger partial charge in [0.1, 0.15) is 5.75 Å². The van der Waals surface area contributed by atoms with Crippen LogP contribution in [0.5, 0.6) is 5.75 Å². The van der Waals surface area contributed by atoms with E-state index in [1.54, 1.807) is 11.7 Å². The average Bonchev–Trinajstić information content (AvgIpc) is 2.95. The number of fused-ring (bicyclic) bond motifs is 1. The van der Waals surface area contributed by atoms with E-state index in [9.17, 15) is 9.59 Å². The van der Waals surface area contributed by atoms with Crippen molar-refractivity contribution in [1.29, 1.82) is 0 Å². The quantitative estimate of drug-likeness (QED) is 0.708. The van der Waals surface area contributed by atoms with Gasteiger partial charge in [-0.05, 0) is 30.2 Å². The summed E-state index contributed by atoms with van der Waals surface area (Å²) in [7, 11) is 1.64. The molecule has 3 rings (SSSR count). The van der Waals surface area contributed by atoms with Crippen molar-refractivity contribution in [3.63, 3.8) is 0 Å². The van der Waals surface area contributed by atoms with Crippen LogP contribution in [-0.4, -0.2) is 24.1 Å². The largest absolute Gasteiger partial charge is 0.496 e. The Balaban J connectivity index is 1.53. The highest BCUT2D eigenvalue weighted by atomic mass is 32.1. The van der Waals surface area contributed by atoms with Crippen LogP contribution in [0.3, 0.4) is 0 Å². The van der Waals surface area contributed by atoms with E-state index in [2.05, 4.69) is 5.32 Å².